The van der Waals surface area contributed by atoms with Crippen molar-refractivity contribution < 1.29 is 14.3 Å². The zero-order valence-electron chi connectivity index (χ0n) is 18.3. The number of nitrogens with one attached hydrogen (secondary N) is 1. The Kier molecular flexibility index (Phi) is 6.66. The van der Waals surface area contributed by atoms with Crippen molar-refractivity contribution >= 4 is 34.0 Å². The lowest BCUT2D eigenvalue weighted by atomic mass is 10.1. The summed E-state index contributed by atoms with van der Waals surface area (Å²) < 4.78 is 12.1. The third-order valence-corrected chi connectivity index (χ3v) is 5.51. The van der Waals surface area contributed by atoms with E-state index in [1.165, 1.54) is 28.0 Å². The molecule has 4 rings (SSSR count). The molecule has 4 aromatic rings. The second-order valence-corrected chi connectivity index (χ2v) is 8.27. The molecule has 170 valence electrons. The number of carbonyl (C=O) groups excluding carboxylic acids is 1. The number of hydrogen-bond donors (Lipinski definition) is 1. The number of methoxy groups -OCH3 is 1. The van der Waals surface area contributed by atoms with Crippen molar-refractivity contribution in [3.8, 4) is 17.6 Å². The van der Waals surface area contributed by atoms with Gasteiger partial charge in [0.2, 0.25) is 4.96 Å². The maximum absolute atomic E-state index is 12.5. The molecular weight excluding hydrogens is 454 g/mol. The van der Waals surface area contributed by atoms with Crippen LogP contribution < -0.4 is 20.3 Å². The molecule has 10 heteroatoms. The summed E-state index contributed by atoms with van der Waals surface area (Å²) in [6.07, 6.45) is 1.49. The maximum Gasteiger partial charge on any atom is 0.275 e. The second-order valence-electron chi connectivity index (χ2n) is 7.11. The number of anilines is 1. The van der Waals surface area contributed by atoms with Crippen LogP contribution in [0.4, 0.5) is 5.69 Å². The third-order valence-electron chi connectivity index (χ3n) is 4.69. The van der Waals surface area contributed by atoms with Gasteiger partial charge in [0.05, 0.1) is 12.8 Å². The van der Waals surface area contributed by atoms with Gasteiger partial charge in [0.15, 0.2) is 0 Å². The van der Waals surface area contributed by atoms with Gasteiger partial charge in [-0.25, -0.2) is 4.98 Å². The van der Waals surface area contributed by atoms with E-state index in [1.807, 2.05) is 13.0 Å². The molecule has 2 aromatic heterocycles. The summed E-state index contributed by atoms with van der Waals surface area (Å²) in [5.41, 5.74) is 1.41. The monoisotopic (exact) mass is 473 g/mol. The van der Waals surface area contributed by atoms with Crippen molar-refractivity contribution in [2.75, 3.05) is 12.4 Å². The van der Waals surface area contributed by atoms with Gasteiger partial charge in [0, 0.05) is 11.8 Å². The fraction of sp³-hybridized carbons (Fsp3) is 0.125. The molecule has 0 unspecified atom stereocenters. The predicted molar refractivity (Wildman–Crippen MR) is 128 cm³/mol. The van der Waals surface area contributed by atoms with Crippen LogP contribution in [-0.2, 0) is 11.4 Å². The minimum Gasteiger partial charge on any atom is -0.497 e. The SMILES string of the molecule is COc1ccc(NC(=O)/C(C#N)=C/c2ccc(OCc3cc(=O)n4nc(C)sc4n3)cc2)cc1. The minimum absolute atomic E-state index is 0.0395. The van der Waals surface area contributed by atoms with Crippen LogP contribution in [0, 0.1) is 18.3 Å². The standard InChI is InChI=1S/C24H19N5O4S/c1-15-28-29-22(30)12-19(27-24(29)34-15)14-33-21-7-3-16(4-8-21)11-17(13-25)23(31)26-18-5-9-20(32-2)10-6-18/h3-12H,14H2,1-2H3,(H,26,31)/b17-11+. The number of ether oxygens (including phenoxy) is 2. The number of carbonyl (C=O) groups is 1. The number of aryl methyl sites for hydroxylation is 1. The van der Waals surface area contributed by atoms with E-state index in [0.717, 1.165) is 5.01 Å². The predicted octanol–water partition coefficient (Wildman–Crippen LogP) is 3.59. The van der Waals surface area contributed by atoms with Gasteiger partial charge < -0.3 is 14.8 Å². The van der Waals surface area contributed by atoms with E-state index in [2.05, 4.69) is 15.4 Å². The molecule has 0 atom stereocenters. The molecule has 0 saturated heterocycles. The van der Waals surface area contributed by atoms with Crippen LogP contribution >= 0.6 is 11.3 Å². The summed E-state index contributed by atoms with van der Waals surface area (Å²) in [5.74, 6) is 0.707. The first kappa shape index (κ1) is 22.7. The summed E-state index contributed by atoms with van der Waals surface area (Å²) >= 11 is 1.33. The van der Waals surface area contributed by atoms with Gasteiger partial charge in [-0.3, -0.25) is 9.59 Å². The molecule has 0 aliphatic carbocycles. The Bertz CT molecular complexity index is 1460. The maximum atomic E-state index is 12.5. The fourth-order valence-electron chi connectivity index (χ4n) is 3.03. The van der Waals surface area contributed by atoms with Gasteiger partial charge in [-0.05, 0) is 55.0 Å². The van der Waals surface area contributed by atoms with E-state index in [1.54, 1.807) is 55.6 Å². The van der Waals surface area contributed by atoms with Crippen molar-refractivity contribution in [3.63, 3.8) is 0 Å². The van der Waals surface area contributed by atoms with Crippen LogP contribution in [0.25, 0.3) is 11.0 Å². The molecule has 0 bridgehead atoms. The lowest BCUT2D eigenvalue weighted by Crippen LogP contribution is -2.16. The Balaban J connectivity index is 1.41. The highest BCUT2D eigenvalue weighted by molar-refractivity contribution is 7.16. The van der Waals surface area contributed by atoms with Gasteiger partial charge in [-0.15, -0.1) is 0 Å². The summed E-state index contributed by atoms with van der Waals surface area (Å²) in [7, 11) is 1.56. The molecule has 9 nitrogen and oxygen atoms in total. The van der Waals surface area contributed by atoms with E-state index in [-0.39, 0.29) is 17.7 Å². The first-order chi connectivity index (χ1) is 16.4. The quantitative estimate of drug-likeness (QED) is 0.322. The summed E-state index contributed by atoms with van der Waals surface area (Å²) in [6.45, 7) is 1.93. The van der Waals surface area contributed by atoms with Crippen LogP contribution in [0.3, 0.4) is 0 Å². The highest BCUT2D eigenvalue weighted by Gasteiger charge is 2.10. The molecular formula is C24H19N5O4S. The van der Waals surface area contributed by atoms with Crippen molar-refractivity contribution in [1.29, 1.82) is 5.26 Å². The molecule has 0 aliphatic rings. The molecule has 0 radical (unpaired) electrons. The molecule has 0 saturated carbocycles. The Labute approximate surface area is 198 Å². The average Bonchev–Trinajstić information content (AvgIpc) is 3.23. The van der Waals surface area contributed by atoms with E-state index >= 15 is 0 Å². The summed E-state index contributed by atoms with van der Waals surface area (Å²) in [4.78, 5) is 29.5. The average molecular weight is 474 g/mol. The van der Waals surface area contributed by atoms with Gasteiger partial charge in [-0.1, -0.05) is 23.5 Å². The van der Waals surface area contributed by atoms with Gasteiger partial charge in [0.25, 0.3) is 11.5 Å². The zero-order chi connectivity index (χ0) is 24.1. The van der Waals surface area contributed by atoms with E-state index in [9.17, 15) is 14.9 Å². The zero-order valence-corrected chi connectivity index (χ0v) is 19.1. The third kappa shape index (κ3) is 5.28. The number of rotatable bonds is 7. The number of nitriles is 1. The highest BCUT2D eigenvalue weighted by atomic mass is 32.1. The Morgan fingerprint density at radius 2 is 1.88 bits per heavy atom. The Hall–Kier alpha value is -4.49. The molecule has 1 N–H and O–H groups in total. The number of benzene rings is 2. The van der Waals surface area contributed by atoms with Gasteiger partial charge >= 0.3 is 0 Å². The van der Waals surface area contributed by atoms with Crippen molar-refractivity contribution in [3.05, 3.63) is 86.8 Å². The van der Waals surface area contributed by atoms with Crippen molar-refractivity contribution in [2.24, 2.45) is 0 Å². The largest absolute Gasteiger partial charge is 0.497 e. The smallest absolute Gasteiger partial charge is 0.275 e. The lowest BCUT2D eigenvalue weighted by molar-refractivity contribution is -0.112. The first-order valence-corrected chi connectivity index (χ1v) is 10.9. The number of aromatic nitrogens is 3. The van der Waals surface area contributed by atoms with Crippen molar-refractivity contribution in [2.45, 2.75) is 13.5 Å². The van der Waals surface area contributed by atoms with Crippen molar-refractivity contribution in [1.82, 2.24) is 14.6 Å². The minimum atomic E-state index is -0.515. The molecule has 2 aromatic carbocycles. The number of nitrogens with zero attached hydrogens (tertiary/aromatic N) is 4. The number of fused-ring (bicyclic) bond motifs is 1. The number of hydrogen-bond acceptors (Lipinski definition) is 8. The highest BCUT2D eigenvalue weighted by Crippen LogP contribution is 2.18. The molecule has 2 heterocycles. The Morgan fingerprint density at radius 1 is 1.18 bits per heavy atom. The van der Waals surface area contributed by atoms with Gasteiger partial charge in [-0.2, -0.15) is 14.9 Å². The second kappa shape index (κ2) is 9.97. The molecule has 34 heavy (non-hydrogen) atoms. The number of amides is 1. The normalized spacial score (nSPS) is 11.1. The topological polar surface area (TPSA) is 119 Å². The molecule has 0 aliphatic heterocycles. The summed E-state index contributed by atoms with van der Waals surface area (Å²) in [5, 5.41) is 17.0. The lowest BCUT2D eigenvalue weighted by Gasteiger charge is -2.07. The van der Waals surface area contributed by atoms with E-state index < -0.39 is 5.91 Å². The van der Waals surface area contributed by atoms with Crippen LogP contribution in [0.1, 0.15) is 16.3 Å². The van der Waals surface area contributed by atoms with E-state index in [0.29, 0.717) is 33.4 Å². The molecule has 0 fully saturated rings. The first-order valence-electron chi connectivity index (χ1n) is 10.1. The fourth-order valence-corrected chi connectivity index (χ4v) is 3.80. The van der Waals surface area contributed by atoms with Crippen LogP contribution in [0.2, 0.25) is 0 Å². The van der Waals surface area contributed by atoms with E-state index in [4.69, 9.17) is 9.47 Å². The van der Waals surface area contributed by atoms with Gasteiger partial charge in [0.1, 0.15) is 34.8 Å². The molecule has 1 amide bonds. The van der Waals surface area contributed by atoms with Crippen LogP contribution in [0.5, 0.6) is 11.5 Å². The van der Waals surface area contributed by atoms with Crippen LogP contribution in [-0.4, -0.2) is 27.6 Å². The summed E-state index contributed by atoms with van der Waals surface area (Å²) in [6, 6.07) is 17.0. The van der Waals surface area contributed by atoms with Crippen LogP contribution in [0.15, 0.2) is 65.0 Å². The Morgan fingerprint density at radius 3 is 2.56 bits per heavy atom. The molecule has 0 spiro atoms.